The Morgan fingerprint density at radius 3 is 3.33 bits per heavy atom. The number of hydrogen-bond acceptors (Lipinski definition) is 4. The summed E-state index contributed by atoms with van der Waals surface area (Å²) in [5, 5.41) is 0. The summed E-state index contributed by atoms with van der Waals surface area (Å²) in [6, 6.07) is 0. The smallest absolute Gasteiger partial charge is 0.0860 e. The number of nitrogens with one attached hydrogen (secondary N) is 2. The van der Waals surface area contributed by atoms with Crippen LogP contribution in [-0.4, -0.2) is 12.4 Å². The zero-order valence-corrected chi connectivity index (χ0v) is 4.83. The summed E-state index contributed by atoms with van der Waals surface area (Å²) in [5.41, 5.74) is 12.5. The van der Waals surface area contributed by atoms with E-state index in [1.807, 2.05) is 6.21 Å². The number of nitrogens with two attached hydrogens (primary N) is 1. The van der Waals surface area contributed by atoms with E-state index in [1.165, 1.54) is 0 Å². The molecule has 2 heterocycles. The Morgan fingerprint density at radius 2 is 2.56 bits per heavy atom. The molecule has 9 heavy (non-hydrogen) atoms. The third-order valence-corrected chi connectivity index (χ3v) is 1.59. The highest BCUT2D eigenvalue weighted by molar-refractivity contribution is 5.70. The molecule has 0 spiro atoms. The number of hydrogen-bond donors (Lipinski definition) is 3. The topological polar surface area (TPSA) is 62.4 Å². The number of rotatable bonds is 0. The van der Waals surface area contributed by atoms with E-state index in [-0.39, 0.29) is 12.1 Å². The summed E-state index contributed by atoms with van der Waals surface area (Å²) in [6.45, 7) is 0. The second-order valence-electron chi connectivity index (χ2n) is 2.20. The van der Waals surface area contributed by atoms with Crippen molar-refractivity contribution in [2.24, 2.45) is 16.6 Å². The van der Waals surface area contributed by atoms with E-state index in [0.29, 0.717) is 0 Å². The Bertz CT molecular complexity index is 183. The first-order valence-corrected chi connectivity index (χ1v) is 2.88. The zero-order valence-electron chi connectivity index (χ0n) is 4.83. The van der Waals surface area contributed by atoms with Crippen molar-refractivity contribution in [1.29, 1.82) is 0 Å². The molecule has 0 aliphatic carbocycles. The van der Waals surface area contributed by atoms with Gasteiger partial charge in [0.15, 0.2) is 0 Å². The minimum Gasteiger partial charge on any atom is -0.322 e. The molecule has 4 nitrogen and oxygen atoms in total. The number of aliphatic imine (C=N–C) groups is 1. The molecule has 0 aromatic carbocycles. The number of nitrogens with zero attached hydrogens (tertiary/aromatic N) is 1. The molecule has 48 valence electrons. The van der Waals surface area contributed by atoms with Gasteiger partial charge in [-0.15, -0.1) is 0 Å². The minimum atomic E-state index is -0.0116. The lowest BCUT2D eigenvalue weighted by Gasteiger charge is -2.03. The molecular formula is C5H8N4. The van der Waals surface area contributed by atoms with Crippen LogP contribution in [0.15, 0.2) is 16.9 Å². The highest BCUT2D eigenvalue weighted by atomic mass is 15.4. The molecule has 4 heteroatoms. The summed E-state index contributed by atoms with van der Waals surface area (Å²) in [6.07, 6.45) is 3.61. The monoisotopic (exact) mass is 124 g/mol. The fourth-order valence-corrected chi connectivity index (χ4v) is 1.04. The largest absolute Gasteiger partial charge is 0.322 e. The van der Waals surface area contributed by atoms with Gasteiger partial charge < -0.3 is 11.2 Å². The van der Waals surface area contributed by atoms with Crippen molar-refractivity contribution in [2.45, 2.75) is 6.17 Å². The molecule has 2 atom stereocenters. The molecule has 0 saturated carbocycles. The standard InChI is InChI=1S/C5H8N4/c6-5-3-1-7-2-4(3)8-9-5/h1-3,5,8-9H,6H2. The van der Waals surface area contributed by atoms with Crippen molar-refractivity contribution in [3.05, 3.63) is 11.9 Å². The van der Waals surface area contributed by atoms with Crippen LogP contribution < -0.4 is 16.6 Å². The van der Waals surface area contributed by atoms with E-state index in [9.17, 15) is 0 Å². The maximum Gasteiger partial charge on any atom is 0.0860 e. The lowest BCUT2D eigenvalue weighted by atomic mass is 10.1. The third-order valence-electron chi connectivity index (χ3n) is 1.59. The summed E-state index contributed by atoms with van der Waals surface area (Å²) < 4.78 is 0. The molecule has 2 aliphatic rings. The maximum absolute atomic E-state index is 5.61. The lowest BCUT2D eigenvalue weighted by Crippen LogP contribution is -2.39. The summed E-state index contributed by atoms with van der Waals surface area (Å²) in [7, 11) is 0. The zero-order chi connectivity index (χ0) is 6.27. The van der Waals surface area contributed by atoms with Crippen LogP contribution in [0.25, 0.3) is 0 Å². The molecule has 2 unspecified atom stereocenters. The average Bonchev–Trinajstić information content (AvgIpc) is 2.35. The first kappa shape index (κ1) is 4.96. The van der Waals surface area contributed by atoms with Gasteiger partial charge in [-0.1, -0.05) is 0 Å². The van der Waals surface area contributed by atoms with Crippen molar-refractivity contribution in [1.82, 2.24) is 10.9 Å². The fraction of sp³-hybridized carbons (Fsp3) is 0.400. The molecule has 4 N–H and O–H groups in total. The Labute approximate surface area is 52.8 Å². The van der Waals surface area contributed by atoms with E-state index in [4.69, 9.17) is 5.73 Å². The quantitative estimate of drug-likeness (QED) is 0.385. The highest BCUT2D eigenvalue weighted by Gasteiger charge is 2.28. The van der Waals surface area contributed by atoms with Gasteiger partial charge in [-0.25, -0.2) is 5.43 Å². The van der Waals surface area contributed by atoms with Crippen molar-refractivity contribution >= 4 is 6.21 Å². The van der Waals surface area contributed by atoms with Gasteiger partial charge in [0, 0.05) is 12.4 Å². The van der Waals surface area contributed by atoms with Gasteiger partial charge in [-0.05, 0) is 0 Å². The van der Waals surface area contributed by atoms with E-state index >= 15 is 0 Å². The van der Waals surface area contributed by atoms with Crippen LogP contribution in [0.5, 0.6) is 0 Å². The van der Waals surface area contributed by atoms with Gasteiger partial charge in [0.1, 0.15) is 0 Å². The number of fused-ring (bicyclic) bond motifs is 1. The molecule has 0 aromatic heterocycles. The van der Waals surface area contributed by atoms with Crippen LogP contribution in [0.1, 0.15) is 0 Å². The molecule has 1 saturated heterocycles. The van der Waals surface area contributed by atoms with Crippen LogP contribution in [0, 0.1) is 5.92 Å². The van der Waals surface area contributed by atoms with E-state index in [1.54, 1.807) is 6.20 Å². The predicted molar refractivity (Wildman–Crippen MR) is 34.3 cm³/mol. The van der Waals surface area contributed by atoms with E-state index in [2.05, 4.69) is 15.8 Å². The SMILES string of the molecule is NC1NNC2=CN=CC21. The summed E-state index contributed by atoms with van der Waals surface area (Å²) >= 11 is 0. The van der Waals surface area contributed by atoms with Crippen LogP contribution in [0.2, 0.25) is 0 Å². The van der Waals surface area contributed by atoms with Gasteiger partial charge in [0.25, 0.3) is 0 Å². The van der Waals surface area contributed by atoms with Crippen LogP contribution in [0.3, 0.4) is 0 Å². The lowest BCUT2D eigenvalue weighted by molar-refractivity contribution is 0.549. The second kappa shape index (κ2) is 1.55. The van der Waals surface area contributed by atoms with Crippen molar-refractivity contribution in [3.63, 3.8) is 0 Å². The Morgan fingerprint density at radius 1 is 1.67 bits per heavy atom. The van der Waals surface area contributed by atoms with Gasteiger partial charge >= 0.3 is 0 Å². The first-order valence-electron chi connectivity index (χ1n) is 2.88. The molecule has 0 bridgehead atoms. The summed E-state index contributed by atoms with van der Waals surface area (Å²) in [4.78, 5) is 3.95. The minimum absolute atomic E-state index is 0.0116. The van der Waals surface area contributed by atoms with Crippen molar-refractivity contribution in [3.8, 4) is 0 Å². The average molecular weight is 124 g/mol. The maximum atomic E-state index is 5.61. The molecule has 2 rings (SSSR count). The van der Waals surface area contributed by atoms with Crippen LogP contribution in [-0.2, 0) is 0 Å². The van der Waals surface area contributed by atoms with Crippen molar-refractivity contribution in [2.75, 3.05) is 0 Å². The third kappa shape index (κ3) is 0.571. The van der Waals surface area contributed by atoms with Gasteiger partial charge in [-0.2, -0.15) is 0 Å². The molecule has 0 aromatic rings. The second-order valence-corrected chi connectivity index (χ2v) is 2.20. The summed E-state index contributed by atoms with van der Waals surface area (Å²) in [5.74, 6) is 0.269. The molecule has 0 radical (unpaired) electrons. The van der Waals surface area contributed by atoms with Crippen LogP contribution in [0.4, 0.5) is 0 Å². The molecule has 2 aliphatic heterocycles. The Kier molecular flexibility index (Phi) is 0.856. The van der Waals surface area contributed by atoms with Gasteiger partial charge in [0.05, 0.1) is 17.8 Å². The van der Waals surface area contributed by atoms with E-state index in [0.717, 1.165) is 5.70 Å². The molecular weight excluding hydrogens is 116 g/mol. The van der Waals surface area contributed by atoms with Gasteiger partial charge in [0.2, 0.25) is 0 Å². The Balaban J connectivity index is 2.27. The molecule has 1 fully saturated rings. The highest BCUT2D eigenvalue weighted by Crippen LogP contribution is 2.17. The Hall–Kier alpha value is -0.870. The number of hydrazine groups is 1. The predicted octanol–water partition coefficient (Wildman–Crippen LogP) is -1.08. The first-order chi connectivity index (χ1) is 4.38. The normalized spacial score (nSPS) is 38.1. The molecule has 0 amide bonds. The van der Waals surface area contributed by atoms with Gasteiger partial charge in [-0.3, -0.25) is 4.99 Å². The van der Waals surface area contributed by atoms with E-state index < -0.39 is 0 Å². The fourth-order valence-electron chi connectivity index (χ4n) is 1.04. The van der Waals surface area contributed by atoms with Crippen molar-refractivity contribution < 1.29 is 0 Å². The van der Waals surface area contributed by atoms with Crippen LogP contribution >= 0.6 is 0 Å².